The highest BCUT2D eigenvalue weighted by atomic mass is 79.9. The maximum absolute atomic E-state index is 5.43. The standard InChI is InChI=1S/C15H17BrN2S/c1-8(2)13-10(4)17-14(18-15(13)19)12-6-5-11(16)7-9(12)3/h5-8H,1-4H3,(H,17,18,19). The van der Waals surface area contributed by atoms with Crippen molar-refractivity contribution in [2.45, 2.75) is 33.6 Å². The topological polar surface area (TPSA) is 28.7 Å². The number of hydrogen-bond acceptors (Lipinski definition) is 2. The fourth-order valence-corrected chi connectivity index (χ4v) is 3.25. The predicted octanol–water partition coefficient (Wildman–Crippen LogP) is 5.31. The summed E-state index contributed by atoms with van der Waals surface area (Å²) in [5.74, 6) is 1.23. The molecule has 0 aliphatic heterocycles. The quantitative estimate of drug-likeness (QED) is 0.753. The van der Waals surface area contributed by atoms with Crippen LogP contribution in [0, 0.1) is 18.5 Å². The zero-order valence-corrected chi connectivity index (χ0v) is 13.9. The summed E-state index contributed by atoms with van der Waals surface area (Å²) in [6, 6.07) is 6.16. The Bertz CT molecular complexity index is 674. The van der Waals surface area contributed by atoms with E-state index in [0.717, 1.165) is 27.1 Å². The second-order valence-electron chi connectivity index (χ2n) is 5.04. The van der Waals surface area contributed by atoms with Gasteiger partial charge in [-0.25, -0.2) is 4.98 Å². The van der Waals surface area contributed by atoms with Crippen LogP contribution < -0.4 is 0 Å². The van der Waals surface area contributed by atoms with Crippen molar-refractivity contribution in [1.82, 2.24) is 9.97 Å². The minimum absolute atomic E-state index is 0.385. The van der Waals surface area contributed by atoms with Gasteiger partial charge in [0.1, 0.15) is 10.5 Å². The molecule has 0 unspecified atom stereocenters. The molecule has 19 heavy (non-hydrogen) atoms. The Kier molecular flexibility index (Phi) is 4.21. The number of rotatable bonds is 2. The predicted molar refractivity (Wildman–Crippen MR) is 86.1 cm³/mol. The first kappa shape index (κ1) is 14.4. The summed E-state index contributed by atoms with van der Waals surface area (Å²) in [6.45, 7) is 8.41. The van der Waals surface area contributed by atoms with Gasteiger partial charge in [0.15, 0.2) is 0 Å². The Balaban J connectivity index is 2.62. The van der Waals surface area contributed by atoms with Gasteiger partial charge in [0.25, 0.3) is 0 Å². The molecule has 0 atom stereocenters. The number of halogens is 1. The van der Waals surface area contributed by atoms with Gasteiger partial charge >= 0.3 is 0 Å². The summed E-state index contributed by atoms with van der Waals surface area (Å²) in [5.41, 5.74) is 4.50. The number of nitrogens with zero attached hydrogens (tertiary/aromatic N) is 1. The number of aromatic nitrogens is 2. The van der Waals surface area contributed by atoms with Crippen LogP contribution in [-0.4, -0.2) is 9.97 Å². The first-order valence-electron chi connectivity index (χ1n) is 6.27. The highest BCUT2D eigenvalue weighted by molar-refractivity contribution is 9.10. The average Bonchev–Trinajstić information content (AvgIpc) is 2.26. The third-order valence-corrected chi connectivity index (χ3v) is 3.98. The van der Waals surface area contributed by atoms with Crippen LogP contribution in [-0.2, 0) is 0 Å². The summed E-state index contributed by atoms with van der Waals surface area (Å²) in [5, 5.41) is 0. The van der Waals surface area contributed by atoms with Crippen LogP contribution in [0.25, 0.3) is 11.4 Å². The maximum Gasteiger partial charge on any atom is 0.139 e. The van der Waals surface area contributed by atoms with Gasteiger partial charge in [0, 0.05) is 21.3 Å². The Morgan fingerprint density at radius 3 is 2.47 bits per heavy atom. The zero-order valence-electron chi connectivity index (χ0n) is 11.5. The van der Waals surface area contributed by atoms with E-state index >= 15 is 0 Å². The van der Waals surface area contributed by atoms with E-state index in [1.807, 2.05) is 6.07 Å². The maximum atomic E-state index is 5.43. The Morgan fingerprint density at radius 1 is 1.26 bits per heavy atom. The second-order valence-corrected chi connectivity index (χ2v) is 6.35. The zero-order chi connectivity index (χ0) is 14.2. The fourth-order valence-electron chi connectivity index (χ4n) is 2.30. The number of hydrogen-bond donors (Lipinski definition) is 1. The fraction of sp³-hybridized carbons (Fsp3) is 0.333. The van der Waals surface area contributed by atoms with Crippen molar-refractivity contribution < 1.29 is 0 Å². The van der Waals surface area contributed by atoms with Gasteiger partial charge in [-0.1, -0.05) is 42.0 Å². The molecule has 0 radical (unpaired) electrons. The Morgan fingerprint density at radius 2 is 1.95 bits per heavy atom. The molecule has 0 saturated carbocycles. The minimum atomic E-state index is 0.385. The normalized spacial score (nSPS) is 11.1. The molecule has 1 N–H and O–H groups in total. The second kappa shape index (κ2) is 5.55. The molecule has 0 aliphatic rings. The van der Waals surface area contributed by atoms with E-state index in [-0.39, 0.29) is 0 Å². The molecule has 0 bridgehead atoms. The first-order chi connectivity index (χ1) is 8.90. The average molecular weight is 337 g/mol. The number of nitrogens with one attached hydrogen (secondary N) is 1. The monoisotopic (exact) mass is 336 g/mol. The van der Waals surface area contributed by atoms with E-state index in [4.69, 9.17) is 12.2 Å². The van der Waals surface area contributed by atoms with Gasteiger partial charge in [-0.2, -0.15) is 0 Å². The molecular formula is C15H17BrN2S. The Hall–Kier alpha value is -1.00. The molecule has 0 amide bonds. The molecule has 2 nitrogen and oxygen atoms in total. The molecule has 0 saturated heterocycles. The lowest BCUT2D eigenvalue weighted by molar-refractivity contribution is 0.825. The summed E-state index contributed by atoms with van der Waals surface area (Å²) in [7, 11) is 0. The van der Waals surface area contributed by atoms with E-state index in [1.54, 1.807) is 0 Å². The summed E-state index contributed by atoms with van der Waals surface area (Å²) in [6.07, 6.45) is 0. The van der Waals surface area contributed by atoms with Crippen molar-refractivity contribution >= 4 is 28.1 Å². The number of H-pyrrole nitrogens is 1. The molecule has 100 valence electrons. The van der Waals surface area contributed by atoms with E-state index in [9.17, 15) is 0 Å². The van der Waals surface area contributed by atoms with Crippen molar-refractivity contribution in [1.29, 1.82) is 0 Å². The van der Waals surface area contributed by atoms with Gasteiger partial charge < -0.3 is 4.98 Å². The minimum Gasteiger partial charge on any atom is -0.343 e. The van der Waals surface area contributed by atoms with E-state index < -0.39 is 0 Å². The smallest absolute Gasteiger partial charge is 0.139 e. The lowest BCUT2D eigenvalue weighted by Gasteiger charge is -2.13. The largest absolute Gasteiger partial charge is 0.343 e. The number of benzene rings is 1. The van der Waals surface area contributed by atoms with Crippen LogP contribution in [0.1, 0.15) is 36.6 Å². The van der Waals surface area contributed by atoms with Gasteiger partial charge in [0.05, 0.1) is 0 Å². The van der Waals surface area contributed by atoms with Crippen LogP contribution in [0.2, 0.25) is 0 Å². The van der Waals surface area contributed by atoms with Crippen molar-refractivity contribution in [3.8, 4) is 11.4 Å². The molecule has 1 heterocycles. The lowest BCUT2D eigenvalue weighted by atomic mass is 10.0. The molecule has 0 fully saturated rings. The SMILES string of the molecule is Cc1cc(Br)ccc1-c1nc(=S)c(C(C)C)c(C)[nH]1. The highest BCUT2D eigenvalue weighted by Gasteiger charge is 2.11. The first-order valence-corrected chi connectivity index (χ1v) is 7.47. The third kappa shape index (κ3) is 2.95. The van der Waals surface area contributed by atoms with Crippen LogP contribution in [0.15, 0.2) is 22.7 Å². The molecule has 0 spiro atoms. The summed E-state index contributed by atoms with van der Waals surface area (Å²) >= 11 is 8.91. The molecule has 2 rings (SSSR count). The van der Waals surface area contributed by atoms with Crippen LogP contribution in [0.5, 0.6) is 0 Å². The van der Waals surface area contributed by atoms with Gasteiger partial charge in [0.2, 0.25) is 0 Å². The van der Waals surface area contributed by atoms with Gasteiger partial charge in [-0.3, -0.25) is 0 Å². The van der Waals surface area contributed by atoms with Crippen molar-refractivity contribution in [2.75, 3.05) is 0 Å². The van der Waals surface area contributed by atoms with Gasteiger partial charge in [-0.05, 0) is 43.5 Å². The van der Waals surface area contributed by atoms with Crippen molar-refractivity contribution in [3.63, 3.8) is 0 Å². The van der Waals surface area contributed by atoms with E-state index in [0.29, 0.717) is 10.6 Å². The Labute approximate surface area is 127 Å². The molecule has 1 aromatic heterocycles. The molecule has 1 aromatic carbocycles. The third-order valence-electron chi connectivity index (χ3n) is 3.17. The van der Waals surface area contributed by atoms with Crippen LogP contribution >= 0.6 is 28.1 Å². The van der Waals surface area contributed by atoms with Crippen molar-refractivity contribution in [2.24, 2.45) is 0 Å². The number of aryl methyl sites for hydroxylation is 2. The van der Waals surface area contributed by atoms with E-state index in [2.05, 4.69) is 65.7 Å². The summed E-state index contributed by atoms with van der Waals surface area (Å²) < 4.78 is 1.77. The van der Waals surface area contributed by atoms with Crippen LogP contribution in [0.3, 0.4) is 0 Å². The van der Waals surface area contributed by atoms with Crippen LogP contribution in [0.4, 0.5) is 0 Å². The summed E-state index contributed by atoms with van der Waals surface area (Å²) in [4.78, 5) is 7.94. The van der Waals surface area contributed by atoms with Gasteiger partial charge in [-0.15, -0.1) is 0 Å². The molecule has 0 aliphatic carbocycles. The highest BCUT2D eigenvalue weighted by Crippen LogP contribution is 2.26. The molecule has 4 heteroatoms. The molecular weight excluding hydrogens is 320 g/mol. The van der Waals surface area contributed by atoms with Crippen molar-refractivity contribution in [3.05, 3.63) is 44.1 Å². The lowest BCUT2D eigenvalue weighted by Crippen LogP contribution is -2.02. The molecule has 2 aromatic rings. The number of aromatic amines is 1. The van der Waals surface area contributed by atoms with E-state index in [1.165, 1.54) is 5.56 Å².